The van der Waals surface area contributed by atoms with Gasteiger partial charge in [0.25, 0.3) is 0 Å². The maximum atomic E-state index is 13.6. The van der Waals surface area contributed by atoms with Crippen LogP contribution in [0.3, 0.4) is 0 Å². The first-order valence-corrected chi connectivity index (χ1v) is 17.0. The summed E-state index contributed by atoms with van der Waals surface area (Å²) in [5.74, 6) is -3.34. The number of esters is 4. The van der Waals surface area contributed by atoms with Crippen LogP contribution in [-0.4, -0.2) is 82.4 Å². The average molecular weight is 698 g/mol. The molecule has 0 radical (unpaired) electrons. The lowest BCUT2D eigenvalue weighted by Gasteiger charge is -2.46. The first-order chi connectivity index (χ1) is 22.0. The maximum absolute atomic E-state index is 13.6. The number of rotatable bonds is 12. The van der Waals surface area contributed by atoms with Crippen LogP contribution in [0, 0.1) is 22.2 Å². The molecule has 1 saturated heterocycles. The molecule has 0 unspecified atom stereocenters. The van der Waals surface area contributed by atoms with E-state index in [0.717, 1.165) is 5.06 Å². The number of hydrogen-bond acceptors (Lipinski definition) is 12. The number of carbonyl (C=O) groups excluding carboxylic acids is 5. The lowest BCUT2D eigenvalue weighted by Crippen LogP contribution is -2.58. The fourth-order valence-electron chi connectivity index (χ4n) is 4.55. The molecule has 2 atom stereocenters. The highest BCUT2D eigenvalue weighted by Crippen LogP contribution is 2.59. The van der Waals surface area contributed by atoms with Gasteiger partial charge in [-0.3, -0.25) is 23.8 Å². The summed E-state index contributed by atoms with van der Waals surface area (Å²) in [7, 11) is -5.47. The number of nitrogens with zero attached hydrogens (tertiary/aromatic N) is 1. The van der Waals surface area contributed by atoms with Crippen molar-refractivity contribution in [2.45, 2.75) is 86.5 Å². The molecule has 2 N–H and O–H groups in total. The number of carbonyl (C=O) groups is 4. The minimum atomic E-state index is -5.47. The second-order valence-electron chi connectivity index (χ2n) is 14.8. The van der Waals surface area contributed by atoms with Gasteiger partial charge in [-0.05, 0) is 74.3 Å². The normalized spacial score (nSPS) is 18.0. The molecular formula is C33H48NO13P. The van der Waals surface area contributed by atoms with E-state index >= 15 is 0 Å². The van der Waals surface area contributed by atoms with E-state index in [0.29, 0.717) is 5.56 Å². The third kappa shape index (κ3) is 10.6. The number of hydrogen-bond donors (Lipinski definition) is 2. The SMILES string of the molecule is CC(C)(C)C(=O)OCOC(=O)[C@H]1C(=C=O)[C@@H](C(COC(=O)C(C)(C)C)(COC(=O)C(C)(C)C)P(=O)(O)O)CCN1OCc1ccccc1. The average Bonchev–Trinajstić information content (AvgIpc) is 2.97. The van der Waals surface area contributed by atoms with Crippen molar-refractivity contribution in [3.05, 3.63) is 41.5 Å². The summed E-state index contributed by atoms with van der Waals surface area (Å²) in [6.45, 7) is 11.0. The number of benzene rings is 1. The Morgan fingerprint density at radius 2 is 1.29 bits per heavy atom. The Labute approximate surface area is 281 Å². The first-order valence-electron chi connectivity index (χ1n) is 15.4. The van der Waals surface area contributed by atoms with E-state index in [-0.39, 0.29) is 19.6 Å². The van der Waals surface area contributed by atoms with E-state index in [2.05, 4.69) is 0 Å². The van der Waals surface area contributed by atoms with Crippen LogP contribution in [0.5, 0.6) is 0 Å². The Morgan fingerprint density at radius 1 is 0.812 bits per heavy atom. The lowest BCUT2D eigenvalue weighted by atomic mass is 9.77. The second-order valence-corrected chi connectivity index (χ2v) is 16.7. The standard InChI is InChI=1S/C33H48NO13P/c1-30(2,3)27(37)43-19-33(48(40,41)42,20-44-28(38)31(4,5)6)24-15-16-34(47-18-22-13-11-10-12-14-22)25(23(24)17-35)26(36)45-21-46-29(39)32(7,8)9/h10-14,24-25H,15-16,18-21H2,1-9H3,(H2,40,41,42)/t24-,25+/m0/s1. The monoisotopic (exact) mass is 697 g/mol. The van der Waals surface area contributed by atoms with E-state index in [4.69, 9.17) is 23.8 Å². The van der Waals surface area contributed by atoms with Crippen LogP contribution in [-0.2, 0) is 58.9 Å². The van der Waals surface area contributed by atoms with Crippen LogP contribution in [0.2, 0.25) is 0 Å². The van der Waals surface area contributed by atoms with Crippen LogP contribution in [0.1, 0.15) is 74.3 Å². The molecule has 0 aromatic heterocycles. The molecule has 2 rings (SSSR count). The van der Waals surface area contributed by atoms with Crippen molar-refractivity contribution in [3.8, 4) is 0 Å². The summed E-state index contributed by atoms with van der Waals surface area (Å²) in [6, 6.07) is 7.11. The molecule has 48 heavy (non-hydrogen) atoms. The molecule has 1 aliphatic rings. The Kier molecular flexibility index (Phi) is 13.5. The fraction of sp³-hybridized carbons (Fsp3) is 0.636. The molecule has 1 aromatic rings. The molecule has 1 heterocycles. The summed E-state index contributed by atoms with van der Waals surface area (Å²) in [6.07, 6.45) is -0.229. The molecule has 1 fully saturated rings. The molecule has 15 heteroatoms. The zero-order valence-electron chi connectivity index (χ0n) is 29.1. The summed E-state index contributed by atoms with van der Waals surface area (Å²) < 4.78 is 34.6. The minimum absolute atomic E-state index is 0.0591. The smallest absolute Gasteiger partial charge is 0.339 e. The van der Waals surface area contributed by atoms with Crippen molar-refractivity contribution in [2.24, 2.45) is 22.2 Å². The summed E-state index contributed by atoms with van der Waals surface area (Å²) in [5, 5.41) is -1.41. The Balaban J connectivity index is 2.63. The molecule has 0 aliphatic carbocycles. The number of ether oxygens (including phenoxy) is 4. The maximum Gasteiger partial charge on any atom is 0.339 e. The van der Waals surface area contributed by atoms with Gasteiger partial charge in [-0.1, -0.05) is 30.3 Å². The third-order valence-electron chi connectivity index (χ3n) is 7.54. The Bertz CT molecular complexity index is 1380. The molecule has 268 valence electrons. The minimum Gasteiger partial charge on any atom is -0.464 e. The molecule has 0 saturated carbocycles. The molecule has 14 nitrogen and oxygen atoms in total. The van der Waals surface area contributed by atoms with Crippen molar-refractivity contribution in [1.29, 1.82) is 0 Å². The van der Waals surface area contributed by atoms with Gasteiger partial charge in [0.1, 0.15) is 24.3 Å². The number of piperidine rings is 1. The van der Waals surface area contributed by atoms with E-state index in [1.54, 1.807) is 57.0 Å². The summed E-state index contributed by atoms with van der Waals surface area (Å²) in [5.41, 5.74) is -2.90. The molecule has 1 aromatic carbocycles. The highest BCUT2D eigenvalue weighted by atomic mass is 31.2. The van der Waals surface area contributed by atoms with Crippen LogP contribution < -0.4 is 0 Å². The van der Waals surface area contributed by atoms with Gasteiger partial charge in [-0.2, -0.15) is 5.06 Å². The van der Waals surface area contributed by atoms with Crippen molar-refractivity contribution in [1.82, 2.24) is 5.06 Å². The molecule has 0 spiro atoms. The van der Waals surface area contributed by atoms with Gasteiger partial charge in [-0.25, -0.2) is 9.59 Å². The van der Waals surface area contributed by atoms with Gasteiger partial charge in [0.15, 0.2) is 6.04 Å². The van der Waals surface area contributed by atoms with Crippen molar-refractivity contribution >= 4 is 37.4 Å². The van der Waals surface area contributed by atoms with Crippen molar-refractivity contribution in [2.75, 3.05) is 26.6 Å². The van der Waals surface area contributed by atoms with Gasteiger partial charge in [0, 0.05) is 18.0 Å². The molecule has 1 aliphatic heterocycles. The van der Waals surface area contributed by atoms with Gasteiger partial charge < -0.3 is 28.7 Å². The molecular weight excluding hydrogens is 649 g/mol. The van der Waals surface area contributed by atoms with Crippen LogP contribution in [0.15, 0.2) is 35.9 Å². The van der Waals surface area contributed by atoms with Crippen LogP contribution in [0.4, 0.5) is 0 Å². The largest absolute Gasteiger partial charge is 0.464 e. The van der Waals surface area contributed by atoms with Crippen molar-refractivity contribution < 1.29 is 62.1 Å². The highest BCUT2D eigenvalue weighted by Gasteiger charge is 2.60. The van der Waals surface area contributed by atoms with E-state index in [1.165, 1.54) is 41.5 Å². The van der Waals surface area contributed by atoms with E-state index in [9.17, 15) is 38.3 Å². The lowest BCUT2D eigenvalue weighted by molar-refractivity contribution is -0.217. The van der Waals surface area contributed by atoms with Crippen LogP contribution >= 0.6 is 7.60 Å². The Morgan fingerprint density at radius 3 is 1.73 bits per heavy atom. The number of hydroxylamine groups is 2. The van der Waals surface area contributed by atoms with Crippen LogP contribution in [0.25, 0.3) is 0 Å². The van der Waals surface area contributed by atoms with E-state index in [1.807, 2.05) is 0 Å². The van der Waals surface area contributed by atoms with Gasteiger partial charge >= 0.3 is 31.5 Å². The zero-order valence-corrected chi connectivity index (χ0v) is 30.0. The topological polar surface area (TPSA) is 192 Å². The Hall–Kier alpha value is -3.38. The molecule has 0 bridgehead atoms. The van der Waals surface area contributed by atoms with Gasteiger partial charge in [0.05, 0.1) is 22.9 Å². The van der Waals surface area contributed by atoms with Gasteiger partial charge in [-0.15, -0.1) is 0 Å². The zero-order chi connectivity index (χ0) is 36.7. The second kappa shape index (κ2) is 15.9. The fourth-order valence-corrected chi connectivity index (χ4v) is 5.69. The summed E-state index contributed by atoms with van der Waals surface area (Å²) in [4.78, 5) is 92.1. The third-order valence-corrected chi connectivity index (χ3v) is 9.27. The van der Waals surface area contributed by atoms with Crippen molar-refractivity contribution in [3.63, 3.8) is 0 Å². The molecule has 0 amide bonds. The highest BCUT2D eigenvalue weighted by molar-refractivity contribution is 7.53. The van der Waals surface area contributed by atoms with Gasteiger partial charge in [0.2, 0.25) is 6.79 Å². The quantitative estimate of drug-likeness (QED) is 0.105. The predicted octanol–water partition coefficient (Wildman–Crippen LogP) is 3.75. The van der Waals surface area contributed by atoms with E-state index < -0.39 is 90.4 Å². The summed E-state index contributed by atoms with van der Waals surface area (Å²) >= 11 is 0. The first kappa shape index (κ1) is 40.8. The predicted molar refractivity (Wildman–Crippen MR) is 171 cm³/mol.